The lowest BCUT2D eigenvalue weighted by molar-refractivity contribution is -0.457. The van der Waals surface area contributed by atoms with E-state index in [1.165, 1.54) is 0 Å². The van der Waals surface area contributed by atoms with E-state index in [4.69, 9.17) is 5.73 Å². The van der Waals surface area contributed by atoms with Crippen molar-refractivity contribution in [2.24, 2.45) is 5.73 Å². The minimum atomic E-state index is -6.66. The molecule has 0 radical (unpaired) electrons. The highest BCUT2D eigenvalue weighted by molar-refractivity contribution is 5.02. The second-order valence-electron chi connectivity index (χ2n) is 6.35. The Morgan fingerprint density at radius 3 is 1.07 bits per heavy atom. The number of unbranched alkanes of at least 4 members (excludes halogenated alkanes) is 9. The molecule has 0 aromatic carbocycles. The number of nitrogens with two attached hydrogens (primary N) is 1. The smallest absolute Gasteiger partial charge is 0.351 e. The molecule has 0 rings (SSSR count). The number of rotatable bonds is 13. The molecule has 0 spiro atoms. The molecule has 0 aliphatic carbocycles. The van der Waals surface area contributed by atoms with Crippen LogP contribution in [0, 0.1) is 0 Å². The number of hydrogen-bond acceptors (Lipinski definition) is 2. The van der Waals surface area contributed by atoms with Crippen molar-refractivity contribution in [2.45, 2.75) is 88.3 Å². The molecule has 11 heteroatoms. The third kappa shape index (κ3) is 8.05. The highest BCUT2D eigenvalue weighted by Crippen LogP contribution is 2.54. The standard InChI is InChI=1S/C16H26F9NO/c17-14(18,19)13(15(20,21)22,16(23,24)25)27-12-10-8-6-4-2-1-3-5-7-9-11-26/h1-12,26H2. The van der Waals surface area contributed by atoms with Crippen molar-refractivity contribution >= 4 is 0 Å². The van der Waals surface area contributed by atoms with Crippen molar-refractivity contribution in [3.8, 4) is 0 Å². The fourth-order valence-corrected chi connectivity index (χ4v) is 2.61. The predicted octanol–water partition coefficient (Wildman–Crippen LogP) is 6.29. The molecule has 0 saturated heterocycles. The van der Waals surface area contributed by atoms with E-state index in [9.17, 15) is 39.5 Å². The average Bonchev–Trinajstić information content (AvgIpc) is 2.48. The van der Waals surface area contributed by atoms with Crippen LogP contribution in [-0.2, 0) is 4.74 Å². The lowest BCUT2D eigenvalue weighted by atomic mass is 10.0. The van der Waals surface area contributed by atoms with Crippen LogP contribution in [-0.4, -0.2) is 37.3 Å². The second-order valence-corrected chi connectivity index (χ2v) is 6.35. The van der Waals surface area contributed by atoms with Crippen LogP contribution in [0.15, 0.2) is 0 Å². The molecule has 0 unspecified atom stereocenters. The van der Waals surface area contributed by atoms with E-state index < -0.39 is 30.7 Å². The van der Waals surface area contributed by atoms with Gasteiger partial charge in [0.05, 0.1) is 0 Å². The van der Waals surface area contributed by atoms with Gasteiger partial charge in [0.1, 0.15) is 0 Å². The van der Waals surface area contributed by atoms with Crippen LogP contribution in [0.25, 0.3) is 0 Å². The zero-order chi connectivity index (χ0) is 21.2. The Morgan fingerprint density at radius 2 is 0.778 bits per heavy atom. The summed E-state index contributed by atoms with van der Waals surface area (Å²) in [6, 6.07) is 0. The first-order valence-corrected chi connectivity index (χ1v) is 8.85. The summed E-state index contributed by atoms with van der Waals surface area (Å²) in [7, 11) is 0. The maximum atomic E-state index is 12.6. The van der Waals surface area contributed by atoms with Crippen molar-refractivity contribution in [3.63, 3.8) is 0 Å². The van der Waals surface area contributed by atoms with E-state index in [0.717, 1.165) is 38.5 Å². The lowest BCUT2D eigenvalue weighted by Gasteiger charge is -2.38. The molecule has 0 fully saturated rings. The minimum Gasteiger partial charge on any atom is -0.351 e. The zero-order valence-corrected chi connectivity index (χ0v) is 14.9. The third-order valence-electron chi connectivity index (χ3n) is 4.11. The molecule has 0 aromatic heterocycles. The van der Waals surface area contributed by atoms with E-state index in [-0.39, 0.29) is 12.8 Å². The van der Waals surface area contributed by atoms with E-state index in [0.29, 0.717) is 19.4 Å². The van der Waals surface area contributed by atoms with Crippen molar-refractivity contribution in [1.82, 2.24) is 0 Å². The number of halogens is 9. The number of alkyl halides is 9. The first-order chi connectivity index (χ1) is 12.3. The Balaban J connectivity index is 4.27. The SMILES string of the molecule is NCCCCCCCCCCCCOC(C(F)(F)F)(C(F)(F)F)C(F)(F)F. The van der Waals surface area contributed by atoms with E-state index in [1.807, 2.05) is 0 Å². The molecular weight excluding hydrogens is 393 g/mol. The summed E-state index contributed by atoms with van der Waals surface area (Å²) in [5.41, 5.74) is -0.807. The topological polar surface area (TPSA) is 35.2 Å². The van der Waals surface area contributed by atoms with Gasteiger partial charge in [-0.25, -0.2) is 0 Å². The Labute approximate surface area is 152 Å². The number of hydrogen-bond donors (Lipinski definition) is 1. The van der Waals surface area contributed by atoms with Gasteiger partial charge in [-0.05, 0) is 19.4 Å². The Hall–Kier alpha value is -0.710. The van der Waals surface area contributed by atoms with Crippen molar-refractivity contribution in [1.29, 1.82) is 0 Å². The number of ether oxygens (including phenoxy) is 1. The maximum Gasteiger partial charge on any atom is 0.435 e. The van der Waals surface area contributed by atoms with E-state index in [2.05, 4.69) is 4.74 Å². The zero-order valence-electron chi connectivity index (χ0n) is 14.9. The maximum absolute atomic E-state index is 12.6. The lowest BCUT2D eigenvalue weighted by Crippen LogP contribution is -2.67. The summed E-state index contributed by atoms with van der Waals surface area (Å²) in [6.45, 7) is -0.641. The van der Waals surface area contributed by atoms with Gasteiger partial charge in [0, 0.05) is 6.61 Å². The quantitative estimate of drug-likeness (QED) is 0.281. The molecule has 2 nitrogen and oxygen atoms in total. The van der Waals surface area contributed by atoms with Gasteiger partial charge >= 0.3 is 24.1 Å². The summed E-state index contributed by atoms with van der Waals surface area (Å²) in [6.07, 6.45) is -13.1. The molecule has 2 N–H and O–H groups in total. The molecule has 164 valence electrons. The summed E-state index contributed by atoms with van der Waals surface area (Å²) in [5, 5.41) is 0. The Kier molecular flexibility index (Phi) is 11.0. The van der Waals surface area contributed by atoms with Gasteiger partial charge in [-0.2, -0.15) is 39.5 Å². The normalized spacial score (nSPS) is 14.0. The van der Waals surface area contributed by atoms with Gasteiger partial charge < -0.3 is 10.5 Å². The van der Waals surface area contributed by atoms with Gasteiger partial charge in [0.25, 0.3) is 0 Å². The molecule has 0 aliphatic rings. The largest absolute Gasteiger partial charge is 0.435 e. The van der Waals surface area contributed by atoms with Crippen LogP contribution >= 0.6 is 0 Å². The van der Waals surface area contributed by atoms with Crippen LogP contribution < -0.4 is 5.73 Å². The second kappa shape index (κ2) is 11.3. The molecule has 0 bridgehead atoms. The van der Waals surface area contributed by atoms with Crippen molar-refractivity contribution in [3.05, 3.63) is 0 Å². The molecular formula is C16H26F9NO. The monoisotopic (exact) mass is 419 g/mol. The first kappa shape index (κ1) is 26.3. The van der Waals surface area contributed by atoms with Crippen LogP contribution in [0.4, 0.5) is 39.5 Å². The van der Waals surface area contributed by atoms with E-state index >= 15 is 0 Å². The summed E-state index contributed by atoms with van der Waals surface area (Å²) in [4.78, 5) is 0. The third-order valence-corrected chi connectivity index (χ3v) is 4.11. The molecule has 0 saturated carbocycles. The van der Waals surface area contributed by atoms with Gasteiger partial charge in [0.2, 0.25) is 0 Å². The average molecular weight is 419 g/mol. The van der Waals surface area contributed by atoms with Crippen LogP contribution in [0.2, 0.25) is 0 Å². The van der Waals surface area contributed by atoms with Gasteiger partial charge in [-0.1, -0.05) is 51.4 Å². The highest BCUT2D eigenvalue weighted by Gasteiger charge is 2.85. The van der Waals surface area contributed by atoms with Crippen LogP contribution in [0.3, 0.4) is 0 Å². The summed E-state index contributed by atoms with van der Waals surface area (Å²) >= 11 is 0. The summed E-state index contributed by atoms with van der Waals surface area (Å²) in [5.74, 6) is 0. The van der Waals surface area contributed by atoms with Gasteiger partial charge in [0.15, 0.2) is 0 Å². The molecule has 0 amide bonds. The minimum absolute atomic E-state index is 0.191. The van der Waals surface area contributed by atoms with Crippen molar-refractivity contribution < 1.29 is 44.3 Å². The van der Waals surface area contributed by atoms with Gasteiger partial charge in [-0.3, -0.25) is 0 Å². The van der Waals surface area contributed by atoms with Gasteiger partial charge in [-0.15, -0.1) is 0 Å². The van der Waals surface area contributed by atoms with E-state index in [1.54, 1.807) is 0 Å². The van der Waals surface area contributed by atoms with Crippen molar-refractivity contribution in [2.75, 3.05) is 13.2 Å². The highest BCUT2D eigenvalue weighted by atomic mass is 19.4. The first-order valence-electron chi connectivity index (χ1n) is 8.85. The molecule has 0 aliphatic heterocycles. The fraction of sp³-hybridized carbons (Fsp3) is 1.00. The predicted molar refractivity (Wildman–Crippen MR) is 82.1 cm³/mol. The fourth-order valence-electron chi connectivity index (χ4n) is 2.61. The van der Waals surface area contributed by atoms with Crippen LogP contribution in [0.5, 0.6) is 0 Å². The molecule has 0 atom stereocenters. The molecule has 27 heavy (non-hydrogen) atoms. The molecule has 0 heterocycles. The van der Waals surface area contributed by atoms with Crippen LogP contribution in [0.1, 0.15) is 64.2 Å². The summed E-state index contributed by atoms with van der Waals surface area (Å²) < 4.78 is 117. The Morgan fingerprint density at radius 1 is 0.481 bits per heavy atom. The Bertz CT molecular complexity index is 355. The molecule has 0 aromatic rings.